The average Bonchev–Trinajstić information content (AvgIpc) is 2.60. The minimum Gasteiger partial charge on any atom is -0.344 e. The molecule has 0 aliphatic rings. The van der Waals surface area contributed by atoms with Crippen molar-refractivity contribution in [2.75, 3.05) is 0 Å². The second-order valence-corrected chi connectivity index (χ2v) is 3.85. The van der Waals surface area contributed by atoms with Crippen molar-refractivity contribution < 1.29 is 0 Å². The Bertz CT molecular complexity index is 443. The fourth-order valence-electron chi connectivity index (χ4n) is 1.79. The standard InChI is InChI=1S/C11H15N3/c1-4-8-5-13-14-11-10(8)9(6-12-11)7(2)3/h5-7H,4H2,1-3H3,(H,12,14). The number of fused-ring (bicyclic) bond motifs is 1. The van der Waals surface area contributed by atoms with Gasteiger partial charge in [0.1, 0.15) is 0 Å². The van der Waals surface area contributed by atoms with Gasteiger partial charge >= 0.3 is 0 Å². The van der Waals surface area contributed by atoms with Gasteiger partial charge in [-0.25, -0.2) is 0 Å². The van der Waals surface area contributed by atoms with Crippen LogP contribution in [0.25, 0.3) is 11.0 Å². The van der Waals surface area contributed by atoms with Gasteiger partial charge in [0, 0.05) is 11.6 Å². The zero-order valence-electron chi connectivity index (χ0n) is 8.83. The molecule has 74 valence electrons. The molecule has 0 fully saturated rings. The molecule has 3 nitrogen and oxygen atoms in total. The van der Waals surface area contributed by atoms with Crippen molar-refractivity contribution in [3.63, 3.8) is 0 Å². The normalized spacial score (nSPS) is 11.4. The Morgan fingerprint density at radius 1 is 1.43 bits per heavy atom. The number of aryl methyl sites for hydroxylation is 1. The Balaban J connectivity index is 2.74. The largest absolute Gasteiger partial charge is 0.344 e. The second kappa shape index (κ2) is 3.40. The van der Waals surface area contributed by atoms with Crippen LogP contribution in [0.5, 0.6) is 0 Å². The summed E-state index contributed by atoms with van der Waals surface area (Å²) < 4.78 is 0. The smallest absolute Gasteiger partial charge is 0.160 e. The third-order valence-electron chi connectivity index (χ3n) is 2.59. The summed E-state index contributed by atoms with van der Waals surface area (Å²) in [5, 5.41) is 9.32. The van der Waals surface area contributed by atoms with Crippen LogP contribution in [0.4, 0.5) is 0 Å². The fraction of sp³-hybridized carbons (Fsp3) is 0.455. The molecule has 3 heteroatoms. The third kappa shape index (κ3) is 1.29. The lowest BCUT2D eigenvalue weighted by atomic mass is 10.0. The maximum atomic E-state index is 4.09. The van der Waals surface area contributed by atoms with E-state index in [2.05, 4.69) is 36.0 Å². The van der Waals surface area contributed by atoms with Crippen molar-refractivity contribution >= 4 is 11.0 Å². The molecule has 0 radical (unpaired) electrons. The van der Waals surface area contributed by atoms with Gasteiger partial charge in [-0.15, -0.1) is 5.10 Å². The molecule has 2 aromatic rings. The van der Waals surface area contributed by atoms with Gasteiger partial charge in [-0.2, -0.15) is 5.10 Å². The van der Waals surface area contributed by atoms with Crippen molar-refractivity contribution in [3.8, 4) is 0 Å². The van der Waals surface area contributed by atoms with E-state index in [9.17, 15) is 0 Å². The lowest BCUT2D eigenvalue weighted by Gasteiger charge is -2.04. The van der Waals surface area contributed by atoms with Crippen LogP contribution in [0, 0.1) is 0 Å². The van der Waals surface area contributed by atoms with Gasteiger partial charge < -0.3 is 4.98 Å². The highest BCUT2D eigenvalue weighted by Gasteiger charge is 2.11. The molecule has 0 saturated heterocycles. The maximum Gasteiger partial charge on any atom is 0.160 e. The zero-order chi connectivity index (χ0) is 10.1. The van der Waals surface area contributed by atoms with Crippen molar-refractivity contribution in [1.82, 2.24) is 15.2 Å². The second-order valence-electron chi connectivity index (χ2n) is 3.85. The highest BCUT2D eigenvalue weighted by Crippen LogP contribution is 2.26. The Morgan fingerprint density at radius 2 is 2.21 bits per heavy atom. The first kappa shape index (κ1) is 9.19. The van der Waals surface area contributed by atoms with Crippen molar-refractivity contribution in [1.29, 1.82) is 0 Å². The molecular weight excluding hydrogens is 174 g/mol. The van der Waals surface area contributed by atoms with Crippen LogP contribution in [0.1, 0.15) is 37.8 Å². The van der Waals surface area contributed by atoms with Crippen LogP contribution < -0.4 is 0 Å². The van der Waals surface area contributed by atoms with Crippen molar-refractivity contribution in [3.05, 3.63) is 23.5 Å². The number of hydrogen-bond acceptors (Lipinski definition) is 2. The molecule has 14 heavy (non-hydrogen) atoms. The Labute approximate surface area is 83.6 Å². The van der Waals surface area contributed by atoms with Gasteiger partial charge in [0.05, 0.1) is 6.20 Å². The fourth-order valence-corrected chi connectivity index (χ4v) is 1.79. The Kier molecular flexibility index (Phi) is 2.23. The van der Waals surface area contributed by atoms with Crippen molar-refractivity contribution in [2.45, 2.75) is 33.1 Å². The summed E-state index contributed by atoms with van der Waals surface area (Å²) in [6.45, 7) is 6.54. The molecule has 0 spiro atoms. The van der Waals surface area contributed by atoms with Gasteiger partial charge in [-0.3, -0.25) is 0 Å². The Hall–Kier alpha value is -1.38. The monoisotopic (exact) mass is 189 g/mol. The molecule has 0 aliphatic carbocycles. The summed E-state index contributed by atoms with van der Waals surface area (Å²) >= 11 is 0. The van der Waals surface area contributed by atoms with Crippen LogP contribution in [0.15, 0.2) is 12.4 Å². The summed E-state index contributed by atoms with van der Waals surface area (Å²) in [5.41, 5.74) is 3.53. The highest BCUT2D eigenvalue weighted by atomic mass is 15.1. The van der Waals surface area contributed by atoms with E-state index in [0.717, 1.165) is 12.1 Å². The summed E-state index contributed by atoms with van der Waals surface area (Å²) in [4.78, 5) is 3.17. The van der Waals surface area contributed by atoms with E-state index in [4.69, 9.17) is 0 Å². The average molecular weight is 189 g/mol. The van der Waals surface area contributed by atoms with E-state index in [-0.39, 0.29) is 0 Å². The molecule has 0 atom stereocenters. The summed E-state index contributed by atoms with van der Waals surface area (Å²) in [5.74, 6) is 0.526. The zero-order valence-corrected chi connectivity index (χ0v) is 8.83. The number of nitrogens with one attached hydrogen (secondary N) is 1. The maximum absolute atomic E-state index is 4.09. The van der Waals surface area contributed by atoms with Crippen LogP contribution in [-0.2, 0) is 6.42 Å². The Morgan fingerprint density at radius 3 is 2.86 bits per heavy atom. The first-order valence-electron chi connectivity index (χ1n) is 5.05. The predicted octanol–water partition coefficient (Wildman–Crippen LogP) is 2.64. The van der Waals surface area contributed by atoms with Crippen LogP contribution in [-0.4, -0.2) is 15.2 Å². The van der Waals surface area contributed by atoms with E-state index in [1.54, 1.807) is 0 Å². The molecule has 0 bridgehead atoms. The lowest BCUT2D eigenvalue weighted by Crippen LogP contribution is -1.92. The molecule has 0 aromatic carbocycles. The number of hydrogen-bond donors (Lipinski definition) is 1. The van der Waals surface area contributed by atoms with Gasteiger partial charge in [0.25, 0.3) is 0 Å². The van der Waals surface area contributed by atoms with E-state index < -0.39 is 0 Å². The van der Waals surface area contributed by atoms with E-state index in [0.29, 0.717) is 5.92 Å². The van der Waals surface area contributed by atoms with E-state index in [1.165, 1.54) is 16.5 Å². The molecule has 0 aliphatic heterocycles. The molecule has 2 rings (SSSR count). The third-order valence-corrected chi connectivity index (χ3v) is 2.59. The SMILES string of the molecule is CCc1cnnc2[nH]cc(C(C)C)c12. The minimum atomic E-state index is 0.526. The van der Waals surface area contributed by atoms with Crippen molar-refractivity contribution in [2.24, 2.45) is 0 Å². The highest BCUT2D eigenvalue weighted by molar-refractivity contribution is 5.83. The predicted molar refractivity (Wildman–Crippen MR) is 57.4 cm³/mol. The lowest BCUT2D eigenvalue weighted by molar-refractivity contribution is 0.873. The summed E-state index contributed by atoms with van der Waals surface area (Å²) in [6.07, 6.45) is 4.91. The van der Waals surface area contributed by atoms with Gasteiger partial charge in [0.15, 0.2) is 5.65 Å². The van der Waals surface area contributed by atoms with Gasteiger partial charge in [-0.1, -0.05) is 20.8 Å². The number of aromatic amines is 1. The molecule has 0 unspecified atom stereocenters. The van der Waals surface area contributed by atoms with Gasteiger partial charge in [0.2, 0.25) is 0 Å². The number of aromatic nitrogens is 3. The van der Waals surface area contributed by atoms with E-state index in [1.807, 2.05) is 12.4 Å². The van der Waals surface area contributed by atoms with Crippen LogP contribution >= 0.6 is 0 Å². The summed E-state index contributed by atoms with van der Waals surface area (Å²) in [7, 11) is 0. The molecule has 0 amide bonds. The molecule has 2 heterocycles. The molecule has 2 aromatic heterocycles. The quantitative estimate of drug-likeness (QED) is 0.789. The van der Waals surface area contributed by atoms with Crippen LogP contribution in [0.2, 0.25) is 0 Å². The first-order valence-corrected chi connectivity index (χ1v) is 5.05. The first-order chi connectivity index (χ1) is 6.74. The molecule has 0 saturated carbocycles. The number of H-pyrrole nitrogens is 1. The number of nitrogens with zero attached hydrogens (tertiary/aromatic N) is 2. The molecule has 1 N–H and O–H groups in total. The molecular formula is C11H15N3. The summed E-state index contributed by atoms with van der Waals surface area (Å²) in [6, 6.07) is 0. The van der Waals surface area contributed by atoms with Gasteiger partial charge in [-0.05, 0) is 23.5 Å². The minimum absolute atomic E-state index is 0.526. The topological polar surface area (TPSA) is 41.6 Å². The number of rotatable bonds is 2. The van der Waals surface area contributed by atoms with Crippen LogP contribution in [0.3, 0.4) is 0 Å². The van der Waals surface area contributed by atoms with E-state index >= 15 is 0 Å².